The van der Waals surface area contributed by atoms with Crippen LogP contribution in [0.5, 0.6) is 0 Å². The van der Waals surface area contributed by atoms with Crippen LogP contribution in [0.2, 0.25) is 0 Å². The molecule has 2 nitrogen and oxygen atoms in total. The number of rotatable bonds is 2. The zero-order chi connectivity index (χ0) is 9.97. The average Bonchev–Trinajstić information content (AvgIpc) is 2.64. The molecule has 0 bridgehead atoms. The first-order valence-corrected chi connectivity index (χ1v) is 6.17. The summed E-state index contributed by atoms with van der Waals surface area (Å²) in [6, 6.07) is 0.712. The van der Waals surface area contributed by atoms with Gasteiger partial charge in [0.15, 0.2) is 0 Å². The molecule has 1 aliphatic heterocycles. The molecule has 0 aromatic heterocycles. The average molecular weight is 194 g/mol. The van der Waals surface area contributed by atoms with E-state index in [0.29, 0.717) is 6.04 Å². The Morgan fingerprint density at radius 2 is 2.07 bits per heavy atom. The monoisotopic (exact) mass is 194 g/mol. The highest BCUT2D eigenvalue weighted by atomic mass is 15.2. The van der Waals surface area contributed by atoms with Crippen molar-refractivity contribution in [3.8, 4) is 0 Å². The first kappa shape index (κ1) is 10.0. The summed E-state index contributed by atoms with van der Waals surface area (Å²) in [5.41, 5.74) is 0. The lowest BCUT2D eigenvalue weighted by atomic mass is 9.82. The Balaban J connectivity index is 2.02. The molecular weight excluding hydrogens is 172 g/mol. The summed E-state index contributed by atoms with van der Waals surface area (Å²) in [6.45, 7) is 3.46. The Kier molecular flexibility index (Phi) is 3.09. The van der Waals surface area contributed by atoms with Crippen LogP contribution < -0.4 is 0 Å². The van der Waals surface area contributed by atoms with Gasteiger partial charge in [-0.05, 0) is 25.2 Å². The third-order valence-corrected chi connectivity index (χ3v) is 3.95. The van der Waals surface area contributed by atoms with E-state index in [1.54, 1.807) is 0 Å². The molecule has 1 N–H and O–H groups in total. The molecule has 80 valence electrons. The number of likely N-dealkylation sites (tertiary alicyclic amines) is 1. The summed E-state index contributed by atoms with van der Waals surface area (Å²) in [7, 11) is 0. The summed E-state index contributed by atoms with van der Waals surface area (Å²) in [5, 5.41) is 7.93. The molecule has 1 aliphatic carbocycles. The van der Waals surface area contributed by atoms with Crippen LogP contribution in [-0.2, 0) is 0 Å². The van der Waals surface area contributed by atoms with Gasteiger partial charge in [-0.3, -0.25) is 5.41 Å². The fourth-order valence-electron chi connectivity index (χ4n) is 3.14. The standard InChI is InChI=1S/C12H22N2/c1-2-10-6-3-4-7-11(10)14-9-5-8-12(14)13/h10-11,13H,2-9H2,1H3. The molecule has 2 aliphatic rings. The van der Waals surface area contributed by atoms with E-state index in [2.05, 4.69) is 11.8 Å². The zero-order valence-electron chi connectivity index (χ0n) is 9.26. The molecule has 1 saturated heterocycles. The quantitative estimate of drug-likeness (QED) is 0.718. The van der Waals surface area contributed by atoms with Crippen LogP contribution in [0, 0.1) is 11.3 Å². The molecular formula is C12H22N2. The molecule has 2 unspecified atom stereocenters. The van der Waals surface area contributed by atoms with Gasteiger partial charge in [0.1, 0.15) is 0 Å². The van der Waals surface area contributed by atoms with Crippen LogP contribution in [0.3, 0.4) is 0 Å². The molecule has 0 aromatic carbocycles. The van der Waals surface area contributed by atoms with Crippen molar-refractivity contribution in [3.05, 3.63) is 0 Å². The number of nitrogens with one attached hydrogen (secondary N) is 1. The van der Waals surface area contributed by atoms with Gasteiger partial charge in [-0.25, -0.2) is 0 Å². The van der Waals surface area contributed by atoms with Crippen LogP contribution in [-0.4, -0.2) is 23.3 Å². The molecule has 14 heavy (non-hydrogen) atoms. The van der Waals surface area contributed by atoms with Crippen LogP contribution in [0.25, 0.3) is 0 Å². The number of hydrogen-bond donors (Lipinski definition) is 1. The molecule has 2 atom stereocenters. The van der Waals surface area contributed by atoms with Gasteiger partial charge in [0, 0.05) is 19.0 Å². The van der Waals surface area contributed by atoms with E-state index < -0.39 is 0 Å². The van der Waals surface area contributed by atoms with E-state index in [0.717, 1.165) is 24.7 Å². The van der Waals surface area contributed by atoms with Gasteiger partial charge in [-0.1, -0.05) is 26.2 Å². The maximum Gasteiger partial charge on any atom is 0.0960 e. The van der Waals surface area contributed by atoms with Gasteiger partial charge < -0.3 is 4.90 Å². The van der Waals surface area contributed by atoms with Crippen molar-refractivity contribution < 1.29 is 0 Å². The fraction of sp³-hybridized carbons (Fsp3) is 0.917. The first-order chi connectivity index (χ1) is 6.83. The summed E-state index contributed by atoms with van der Waals surface area (Å²) in [5.74, 6) is 1.78. The van der Waals surface area contributed by atoms with E-state index in [4.69, 9.17) is 5.41 Å². The van der Waals surface area contributed by atoms with E-state index in [1.165, 1.54) is 38.5 Å². The predicted molar refractivity (Wildman–Crippen MR) is 59.7 cm³/mol. The van der Waals surface area contributed by atoms with E-state index in [1.807, 2.05) is 0 Å². The second-order valence-corrected chi connectivity index (χ2v) is 4.76. The molecule has 0 spiro atoms. The van der Waals surface area contributed by atoms with Crippen molar-refractivity contribution in [2.24, 2.45) is 5.92 Å². The van der Waals surface area contributed by atoms with E-state index in [9.17, 15) is 0 Å². The van der Waals surface area contributed by atoms with Gasteiger partial charge in [-0.2, -0.15) is 0 Å². The van der Waals surface area contributed by atoms with Crippen LogP contribution >= 0.6 is 0 Å². The van der Waals surface area contributed by atoms with Gasteiger partial charge in [-0.15, -0.1) is 0 Å². The van der Waals surface area contributed by atoms with Crippen molar-refractivity contribution in [2.45, 2.75) is 57.9 Å². The van der Waals surface area contributed by atoms with Gasteiger partial charge in [0.25, 0.3) is 0 Å². The lowest BCUT2D eigenvalue weighted by molar-refractivity contribution is 0.173. The molecule has 2 fully saturated rings. The highest BCUT2D eigenvalue weighted by Gasteiger charge is 2.32. The Morgan fingerprint density at radius 1 is 1.29 bits per heavy atom. The first-order valence-electron chi connectivity index (χ1n) is 6.17. The van der Waals surface area contributed by atoms with E-state index in [-0.39, 0.29) is 0 Å². The minimum Gasteiger partial charge on any atom is -0.357 e. The molecule has 1 heterocycles. The Hall–Kier alpha value is -0.530. The van der Waals surface area contributed by atoms with Crippen molar-refractivity contribution in [1.29, 1.82) is 5.41 Å². The zero-order valence-corrected chi connectivity index (χ0v) is 9.26. The Bertz CT molecular complexity index is 212. The third kappa shape index (κ3) is 1.79. The van der Waals surface area contributed by atoms with Crippen molar-refractivity contribution >= 4 is 5.84 Å². The fourth-order valence-corrected chi connectivity index (χ4v) is 3.14. The van der Waals surface area contributed by atoms with Crippen molar-refractivity contribution in [1.82, 2.24) is 4.90 Å². The highest BCUT2D eigenvalue weighted by molar-refractivity contribution is 5.81. The molecule has 0 aromatic rings. The minimum atomic E-state index is 0.712. The molecule has 2 rings (SSSR count). The smallest absolute Gasteiger partial charge is 0.0960 e. The summed E-state index contributed by atoms with van der Waals surface area (Å²) >= 11 is 0. The summed E-state index contributed by atoms with van der Waals surface area (Å²) < 4.78 is 0. The summed E-state index contributed by atoms with van der Waals surface area (Å²) in [6.07, 6.45) is 9.06. The number of nitrogens with zero attached hydrogens (tertiary/aromatic N) is 1. The normalized spacial score (nSPS) is 33.8. The molecule has 0 radical (unpaired) electrons. The maximum absolute atomic E-state index is 7.93. The summed E-state index contributed by atoms with van der Waals surface area (Å²) in [4.78, 5) is 2.40. The topological polar surface area (TPSA) is 27.1 Å². The minimum absolute atomic E-state index is 0.712. The van der Waals surface area contributed by atoms with E-state index >= 15 is 0 Å². The SMILES string of the molecule is CCC1CCCCC1N1CCCC1=N. The lowest BCUT2D eigenvalue weighted by Crippen LogP contribution is -2.42. The third-order valence-electron chi connectivity index (χ3n) is 3.95. The molecule has 1 saturated carbocycles. The molecule has 2 heteroatoms. The Morgan fingerprint density at radius 3 is 2.71 bits per heavy atom. The van der Waals surface area contributed by atoms with Gasteiger partial charge >= 0.3 is 0 Å². The lowest BCUT2D eigenvalue weighted by Gasteiger charge is -2.38. The van der Waals surface area contributed by atoms with Gasteiger partial charge in [0.05, 0.1) is 5.84 Å². The van der Waals surface area contributed by atoms with Crippen molar-refractivity contribution in [3.63, 3.8) is 0 Å². The number of amidine groups is 1. The number of hydrogen-bond acceptors (Lipinski definition) is 1. The van der Waals surface area contributed by atoms with Crippen LogP contribution in [0.4, 0.5) is 0 Å². The predicted octanol–water partition coefficient (Wildman–Crippen LogP) is 3.03. The highest BCUT2D eigenvalue weighted by Crippen LogP contribution is 2.32. The van der Waals surface area contributed by atoms with Crippen molar-refractivity contribution in [2.75, 3.05) is 6.54 Å². The molecule has 0 amide bonds. The second kappa shape index (κ2) is 4.33. The Labute approximate surface area is 87.2 Å². The largest absolute Gasteiger partial charge is 0.357 e. The van der Waals surface area contributed by atoms with Crippen LogP contribution in [0.15, 0.2) is 0 Å². The van der Waals surface area contributed by atoms with Crippen LogP contribution in [0.1, 0.15) is 51.9 Å². The maximum atomic E-state index is 7.93. The van der Waals surface area contributed by atoms with Gasteiger partial charge in [0.2, 0.25) is 0 Å². The second-order valence-electron chi connectivity index (χ2n) is 4.76.